The van der Waals surface area contributed by atoms with Crippen molar-refractivity contribution in [2.75, 3.05) is 0 Å². The van der Waals surface area contributed by atoms with Crippen LogP contribution >= 0.6 is 0 Å². The molecule has 3 heteroatoms. The number of hydrogen-bond donors (Lipinski definition) is 1. The van der Waals surface area contributed by atoms with Crippen LogP contribution in [0.5, 0.6) is 0 Å². The van der Waals surface area contributed by atoms with Gasteiger partial charge in [-0.2, -0.15) is 0 Å². The van der Waals surface area contributed by atoms with Crippen LogP contribution in [0.25, 0.3) is 0 Å². The Hall–Kier alpha value is -1.38. The van der Waals surface area contributed by atoms with Crippen LogP contribution in [0.2, 0.25) is 0 Å². The number of hydrogen-bond acceptors (Lipinski definition) is 1. The van der Waals surface area contributed by atoms with Crippen LogP contribution in [0.15, 0.2) is 30.3 Å². The molecule has 86 valence electrons. The van der Waals surface area contributed by atoms with Gasteiger partial charge < -0.3 is 5.32 Å². The zero-order valence-electron chi connectivity index (χ0n) is 9.32. The van der Waals surface area contributed by atoms with E-state index in [9.17, 15) is 9.18 Å². The number of alkyl halides is 1. The lowest BCUT2D eigenvalue weighted by atomic mass is 10.1. The van der Waals surface area contributed by atoms with Crippen LogP contribution in [0, 0.1) is 5.92 Å². The second-order valence-electron chi connectivity index (χ2n) is 4.42. The molecule has 1 saturated carbocycles. The molecule has 1 amide bonds. The van der Waals surface area contributed by atoms with Crippen molar-refractivity contribution in [3.8, 4) is 0 Å². The monoisotopic (exact) mass is 221 g/mol. The Labute approximate surface area is 94.9 Å². The second kappa shape index (κ2) is 4.64. The molecular formula is C13H16FNO. The third-order valence-electron chi connectivity index (χ3n) is 2.96. The Balaban J connectivity index is 1.82. The van der Waals surface area contributed by atoms with Gasteiger partial charge >= 0.3 is 0 Å². The highest BCUT2D eigenvalue weighted by Gasteiger charge is 2.38. The molecule has 0 heterocycles. The van der Waals surface area contributed by atoms with E-state index < -0.39 is 6.17 Å². The third kappa shape index (κ3) is 2.81. The van der Waals surface area contributed by atoms with Crippen molar-refractivity contribution in [2.45, 2.75) is 32.0 Å². The van der Waals surface area contributed by atoms with Gasteiger partial charge in [0.25, 0.3) is 0 Å². The van der Waals surface area contributed by atoms with Crippen molar-refractivity contribution >= 4 is 5.91 Å². The van der Waals surface area contributed by atoms with Gasteiger partial charge in [0.05, 0.1) is 6.04 Å². The Morgan fingerprint density at radius 2 is 2.12 bits per heavy atom. The summed E-state index contributed by atoms with van der Waals surface area (Å²) in [7, 11) is 0. The molecule has 0 aromatic heterocycles. The van der Waals surface area contributed by atoms with E-state index in [2.05, 4.69) is 5.32 Å². The summed E-state index contributed by atoms with van der Waals surface area (Å²) in [5.74, 6) is -0.0931. The molecule has 1 aromatic rings. The molecule has 1 aliphatic rings. The lowest BCUT2D eigenvalue weighted by Crippen LogP contribution is -2.26. The molecule has 3 atom stereocenters. The fourth-order valence-corrected chi connectivity index (χ4v) is 1.79. The van der Waals surface area contributed by atoms with Gasteiger partial charge in [-0.15, -0.1) is 0 Å². The lowest BCUT2D eigenvalue weighted by Gasteiger charge is -2.13. The standard InChI is InChI=1S/C13H16FNO/c1-9(10-5-3-2-4-6-10)15-13(16)8-11-7-12(11)14/h2-6,9,11-12H,7-8H2,1H3,(H,15,16)/t9-,11+,12-/m1/s1. The van der Waals surface area contributed by atoms with Gasteiger partial charge in [0.1, 0.15) is 6.17 Å². The molecule has 1 aromatic carbocycles. The average molecular weight is 221 g/mol. The molecule has 1 fully saturated rings. The zero-order chi connectivity index (χ0) is 11.5. The normalized spacial score (nSPS) is 24.9. The van der Waals surface area contributed by atoms with Crippen molar-refractivity contribution in [1.82, 2.24) is 5.32 Å². The van der Waals surface area contributed by atoms with Crippen LogP contribution < -0.4 is 5.32 Å². The highest BCUT2D eigenvalue weighted by molar-refractivity contribution is 5.77. The van der Waals surface area contributed by atoms with E-state index in [4.69, 9.17) is 0 Å². The molecule has 0 aliphatic heterocycles. The van der Waals surface area contributed by atoms with E-state index >= 15 is 0 Å². The van der Waals surface area contributed by atoms with E-state index in [1.165, 1.54) is 0 Å². The summed E-state index contributed by atoms with van der Waals surface area (Å²) in [6, 6.07) is 9.76. The first-order chi connectivity index (χ1) is 7.66. The van der Waals surface area contributed by atoms with E-state index in [1.54, 1.807) is 0 Å². The molecule has 0 radical (unpaired) electrons. The first-order valence-electron chi connectivity index (χ1n) is 5.65. The van der Waals surface area contributed by atoms with Crippen molar-refractivity contribution in [1.29, 1.82) is 0 Å². The summed E-state index contributed by atoms with van der Waals surface area (Å²) in [4.78, 5) is 11.5. The first-order valence-corrected chi connectivity index (χ1v) is 5.65. The number of amides is 1. The van der Waals surface area contributed by atoms with Crippen LogP contribution in [-0.2, 0) is 4.79 Å². The smallest absolute Gasteiger partial charge is 0.220 e. The number of carbonyl (C=O) groups excluding carboxylic acids is 1. The summed E-state index contributed by atoms with van der Waals surface area (Å²) < 4.78 is 12.6. The van der Waals surface area contributed by atoms with Gasteiger partial charge in [-0.25, -0.2) is 4.39 Å². The minimum atomic E-state index is -0.752. The number of halogens is 1. The van der Waals surface area contributed by atoms with Gasteiger partial charge in [-0.1, -0.05) is 30.3 Å². The highest BCUT2D eigenvalue weighted by Crippen LogP contribution is 2.36. The van der Waals surface area contributed by atoms with Crippen molar-refractivity contribution < 1.29 is 9.18 Å². The molecule has 1 N–H and O–H groups in total. The minimum absolute atomic E-state index is 0.00879. The van der Waals surface area contributed by atoms with Crippen molar-refractivity contribution in [3.63, 3.8) is 0 Å². The fraction of sp³-hybridized carbons (Fsp3) is 0.462. The lowest BCUT2D eigenvalue weighted by molar-refractivity contribution is -0.122. The summed E-state index contributed by atoms with van der Waals surface area (Å²) in [6.45, 7) is 1.94. The minimum Gasteiger partial charge on any atom is -0.350 e. The number of rotatable bonds is 4. The van der Waals surface area contributed by atoms with Crippen LogP contribution in [0.1, 0.15) is 31.4 Å². The topological polar surface area (TPSA) is 29.1 Å². The van der Waals surface area contributed by atoms with Gasteiger partial charge in [-0.3, -0.25) is 4.79 Å². The molecular weight excluding hydrogens is 205 g/mol. The van der Waals surface area contributed by atoms with Crippen molar-refractivity contribution in [3.05, 3.63) is 35.9 Å². The highest BCUT2D eigenvalue weighted by atomic mass is 19.1. The predicted octanol–water partition coefficient (Wildman–Crippen LogP) is 2.61. The van der Waals surface area contributed by atoms with Crippen LogP contribution in [-0.4, -0.2) is 12.1 Å². The maximum absolute atomic E-state index is 12.6. The summed E-state index contributed by atoms with van der Waals surface area (Å²) in [5.41, 5.74) is 1.07. The number of nitrogens with one attached hydrogen (secondary N) is 1. The molecule has 0 bridgehead atoms. The van der Waals surface area contributed by atoms with Gasteiger partial charge in [0.15, 0.2) is 0 Å². The Bertz CT molecular complexity index is 365. The molecule has 2 rings (SSSR count). The van der Waals surface area contributed by atoms with Crippen LogP contribution in [0.4, 0.5) is 4.39 Å². The summed E-state index contributed by atoms with van der Waals surface area (Å²) in [5, 5.41) is 2.88. The maximum Gasteiger partial charge on any atom is 0.220 e. The summed E-state index contributed by atoms with van der Waals surface area (Å²) in [6.07, 6.45) is 0.114. The quantitative estimate of drug-likeness (QED) is 0.832. The van der Waals surface area contributed by atoms with Gasteiger partial charge in [0.2, 0.25) is 5.91 Å². The molecule has 0 saturated heterocycles. The fourth-order valence-electron chi connectivity index (χ4n) is 1.79. The van der Waals surface area contributed by atoms with E-state index in [1.807, 2.05) is 37.3 Å². The van der Waals surface area contributed by atoms with Crippen LogP contribution in [0.3, 0.4) is 0 Å². The zero-order valence-corrected chi connectivity index (χ0v) is 9.32. The van der Waals surface area contributed by atoms with Gasteiger partial charge in [0, 0.05) is 12.3 Å². The number of benzene rings is 1. The predicted molar refractivity (Wildman–Crippen MR) is 60.6 cm³/mol. The Morgan fingerprint density at radius 1 is 1.50 bits per heavy atom. The molecule has 16 heavy (non-hydrogen) atoms. The van der Waals surface area contributed by atoms with E-state index in [0.717, 1.165) is 5.56 Å². The molecule has 2 nitrogen and oxygen atoms in total. The molecule has 1 aliphatic carbocycles. The first kappa shape index (κ1) is 11.1. The van der Waals surface area contributed by atoms with Gasteiger partial charge in [-0.05, 0) is 18.9 Å². The average Bonchev–Trinajstić information content (AvgIpc) is 2.95. The Morgan fingerprint density at radius 3 is 2.69 bits per heavy atom. The maximum atomic E-state index is 12.6. The van der Waals surface area contributed by atoms with E-state index in [-0.39, 0.29) is 17.9 Å². The SMILES string of the molecule is C[C@@H](NC(=O)C[C@@H]1C[C@H]1F)c1ccccc1. The largest absolute Gasteiger partial charge is 0.350 e. The molecule has 0 unspecified atom stereocenters. The Kier molecular flexibility index (Phi) is 3.22. The summed E-state index contributed by atoms with van der Waals surface area (Å²) >= 11 is 0. The molecule has 0 spiro atoms. The third-order valence-corrected chi connectivity index (χ3v) is 2.96. The number of carbonyl (C=O) groups is 1. The van der Waals surface area contributed by atoms with E-state index in [0.29, 0.717) is 12.8 Å². The van der Waals surface area contributed by atoms with Crippen molar-refractivity contribution in [2.24, 2.45) is 5.92 Å². The second-order valence-corrected chi connectivity index (χ2v) is 4.42.